The molecule has 0 aliphatic carbocycles. The van der Waals surface area contributed by atoms with E-state index in [0.717, 1.165) is 43.4 Å². The van der Waals surface area contributed by atoms with Gasteiger partial charge in [-0.2, -0.15) is 0 Å². The van der Waals surface area contributed by atoms with Gasteiger partial charge in [-0.15, -0.1) is 0 Å². The monoisotopic (exact) mass is 408 g/mol. The molecule has 7 nitrogen and oxygen atoms in total. The van der Waals surface area contributed by atoms with Crippen molar-refractivity contribution in [3.63, 3.8) is 0 Å². The Morgan fingerprint density at radius 3 is 2.54 bits per heavy atom. The smallest absolute Gasteiger partial charge is 0.240 e. The summed E-state index contributed by atoms with van der Waals surface area (Å²) in [4.78, 5) is 6.95. The fraction of sp³-hybridized carbons (Fsp3) is 0.650. The minimum Gasteiger partial charge on any atom is -0.377 e. The van der Waals surface area contributed by atoms with Gasteiger partial charge in [-0.25, -0.2) is 13.1 Å². The lowest BCUT2D eigenvalue weighted by molar-refractivity contribution is 0.114. The van der Waals surface area contributed by atoms with E-state index in [1.165, 1.54) is 12.8 Å². The summed E-state index contributed by atoms with van der Waals surface area (Å²) in [6.45, 7) is 5.99. The number of nitrogens with one attached hydrogen (secondary N) is 2. The van der Waals surface area contributed by atoms with Gasteiger partial charge in [0, 0.05) is 39.8 Å². The van der Waals surface area contributed by atoms with Gasteiger partial charge in [-0.05, 0) is 49.3 Å². The SMILES string of the molecule is CN=C(NCc1ccc(S(=O)(=O)NCC2CCCO2)cc1)N1CCC(C)CC1. The average Bonchev–Trinajstić information content (AvgIpc) is 3.22. The highest BCUT2D eigenvalue weighted by atomic mass is 32.2. The molecule has 0 amide bonds. The van der Waals surface area contributed by atoms with Gasteiger partial charge in [0.05, 0.1) is 11.0 Å². The maximum absolute atomic E-state index is 12.4. The summed E-state index contributed by atoms with van der Waals surface area (Å²) >= 11 is 0. The van der Waals surface area contributed by atoms with Crippen LogP contribution >= 0.6 is 0 Å². The van der Waals surface area contributed by atoms with Crippen molar-refractivity contribution in [3.05, 3.63) is 29.8 Å². The average molecular weight is 409 g/mol. The number of rotatable bonds is 6. The molecule has 1 unspecified atom stereocenters. The van der Waals surface area contributed by atoms with Crippen molar-refractivity contribution >= 4 is 16.0 Å². The van der Waals surface area contributed by atoms with E-state index < -0.39 is 10.0 Å². The number of nitrogens with zero attached hydrogens (tertiary/aromatic N) is 2. The zero-order valence-corrected chi connectivity index (χ0v) is 17.7. The molecule has 3 rings (SSSR count). The first-order valence-corrected chi connectivity index (χ1v) is 11.6. The second-order valence-electron chi connectivity index (χ2n) is 7.70. The van der Waals surface area contributed by atoms with E-state index in [1.54, 1.807) is 19.2 Å². The van der Waals surface area contributed by atoms with E-state index in [2.05, 4.69) is 26.9 Å². The van der Waals surface area contributed by atoms with Crippen molar-refractivity contribution in [1.29, 1.82) is 0 Å². The van der Waals surface area contributed by atoms with Crippen LogP contribution in [-0.2, 0) is 21.3 Å². The van der Waals surface area contributed by atoms with Gasteiger partial charge < -0.3 is 15.0 Å². The third-order valence-corrected chi connectivity index (χ3v) is 6.94. The molecule has 1 aromatic rings. The topological polar surface area (TPSA) is 83.0 Å². The van der Waals surface area contributed by atoms with Gasteiger partial charge in [-0.1, -0.05) is 19.1 Å². The van der Waals surface area contributed by atoms with Crippen molar-refractivity contribution in [2.75, 3.05) is 33.3 Å². The Morgan fingerprint density at radius 2 is 1.93 bits per heavy atom. The number of hydrogen-bond donors (Lipinski definition) is 2. The molecule has 28 heavy (non-hydrogen) atoms. The predicted molar refractivity (Wildman–Crippen MR) is 111 cm³/mol. The molecule has 2 heterocycles. The molecule has 0 bridgehead atoms. The first-order valence-electron chi connectivity index (χ1n) is 10.1. The zero-order valence-electron chi connectivity index (χ0n) is 16.9. The van der Waals surface area contributed by atoms with Crippen molar-refractivity contribution in [2.45, 2.75) is 50.2 Å². The second-order valence-corrected chi connectivity index (χ2v) is 9.47. The molecular weight excluding hydrogens is 376 g/mol. The van der Waals surface area contributed by atoms with Gasteiger partial charge >= 0.3 is 0 Å². The largest absolute Gasteiger partial charge is 0.377 e. The van der Waals surface area contributed by atoms with Gasteiger partial charge in [-0.3, -0.25) is 4.99 Å². The van der Waals surface area contributed by atoms with Gasteiger partial charge in [0.2, 0.25) is 10.0 Å². The molecule has 8 heteroatoms. The van der Waals surface area contributed by atoms with Crippen LogP contribution in [0.5, 0.6) is 0 Å². The number of aliphatic imine (C=N–C) groups is 1. The van der Waals surface area contributed by atoms with Gasteiger partial charge in [0.15, 0.2) is 5.96 Å². The lowest BCUT2D eigenvalue weighted by atomic mass is 10.00. The molecule has 2 saturated heterocycles. The molecule has 2 fully saturated rings. The zero-order chi connectivity index (χ0) is 20.0. The minimum atomic E-state index is -3.51. The highest BCUT2D eigenvalue weighted by Gasteiger charge is 2.21. The molecule has 156 valence electrons. The Bertz CT molecular complexity index is 750. The van der Waals surface area contributed by atoms with Crippen LogP contribution in [0.15, 0.2) is 34.2 Å². The molecule has 0 radical (unpaired) electrons. The van der Waals surface area contributed by atoms with Crippen molar-refractivity contribution in [1.82, 2.24) is 14.9 Å². The molecule has 1 atom stereocenters. The fourth-order valence-corrected chi connectivity index (χ4v) is 4.68. The van der Waals surface area contributed by atoms with Crippen LogP contribution < -0.4 is 10.0 Å². The number of ether oxygens (including phenoxy) is 1. The molecule has 0 spiro atoms. The number of sulfonamides is 1. The summed E-state index contributed by atoms with van der Waals surface area (Å²) in [6.07, 6.45) is 4.26. The van der Waals surface area contributed by atoms with E-state index in [9.17, 15) is 8.42 Å². The number of benzene rings is 1. The van der Waals surface area contributed by atoms with Gasteiger partial charge in [0.25, 0.3) is 0 Å². The molecule has 2 N–H and O–H groups in total. The lowest BCUT2D eigenvalue weighted by Crippen LogP contribution is -2.45. The maximum atomic E-state index is 12.4. The molecule has 2 aliphatic heterocycles. The minimum absolute atomic E-state index is 0.0113. The Balaban J connectivity index is 1.52. The first kappa shape index (κ1) is 21.1. The van der Waals surface area contributed by atoms with Crippen LogP contribution in [-0.4, -0.2) is 58.7 Å². The summed E-state index contributed by atoms with van der Waals surface area (Å²) in [5.74, 6) is 1.68. The third-order valence-electron chi connectivity index (χ3n) is 5.50. The highest BCUT2D eigenvalue weighted by molar-refractivity contribution is 7.89. The Hall–Kier alpha value is -1.64. The second kappa shape index (κ2) is 9.71. The summed E-state index contributed by atoms with van der Waals surface area (Å²) in [7, 11) is -1.70. The molecule has 2 aliphatic rings. The van der Waals surface area contributed by atoms with Crippen molar-refractivity contribution < 1.29 is 13.2 Å². The molecule has 0 aromatic heterocycles. The van der Waals surface area contributed by atoms with Gasteiger partial charge in [0.1, 0.15) is 0 Å². The van der Waals surface area contributed by atoms with Crippen LogP contribution in [0.2, 0.25) is 0 Å². The normalized spacial score (nSPS) is 21.9. The summed E-state index contributed by atoms with van der Waals surface area (Å²) in [5.41, 5.74) is 1.02. The molecule has 0 saturated carbocycles. The Kier molecular flexibility index (Phi) is 7.31. The number of piperidine rings is 1. The predicted octanol–water partition coefficient (Wildman–Crippen LogP) is 1.95. The number of guanidine groups is 1. The van der Waals surface area contributed by atoms with E-state index >= 15 is 0 Å². The van der Waals surface area contributed by atoms with Crippen molar-refractivity contribution in [2.24, 2.45) is 10.9 Å². The van der Waals surface area contributed by atoms with E-state index in [0.29, 0.717) is 19.7 Å². The van der Waals surface area contributed by atoms with E-state index in [4.69, 9.17) is 4.74 Å². The Morgan fingerprint density at radius 1 is 1.21 bits per heavy atom. The Labute approximate surface area is 168 Å². The maximum Gasteiger partial charge on any atom is 0.240 e. The fourth-order valence-electron chi connectivity index (χ4n) is 3.61. The van der Waals surface area contributed by atoms with E-state index in [1.807, 2.05) is 12.1 Å². The summed E-state index contributed by atoms with van der Waals surface area (Å²) in [5, 5.41) is 3.39. The third kappa shape index (κ3) is 5.68. The summed E-state index contributed by atoms with van der Waals surface area (Å²) in [6, 6.07) is 7.00. The quantitative estimate of drug-likeness (QED) is 0.555. The van der Waals surface area contributed by atoms with Crippen LogP contribution in [0.3, 0.4) is 0 Å². The lowest BCUT2D eigenvalue weighted by Gasteiger charge is -2.32. The van der Waals surface area contributed by atoms with Crippen molar-refractivity contribution in [3.8, 4) is 0 Å². The number of hydrogen-bond acceptors (Lipinski definition) is 4. The van der Waals surface area contributed by atoms with Crippen LogP contribution in [0.4, 0.5) is 0 Å². The van der Waals surface area contributed by atoms with Crippen LogP contribution in [0.25, 0.3) is 0 Å². The number of likely N-dealkylation sites (tertiary alicyclic amines) is 1. The standard InChI is InChI=1S/C20H32N4O3S/c1-16-9-11-24(12-10-16)20(21-2)22-14-17-5-7-19(8-6-17)28(25,26)23-15-18-4-3-13-27-18/h5-8,16,18,23H,3-4,9-15H2,1-2H3,(H,21,22). The van der Waals surface area contributed by atoms with Crippen LogP contribution in [0, 0.1) is 5.92 Å². The van der Waals surface area contributed by atoms with E-state index in [-0.39, 0.29) is 11.0 Å². The van der Waals surface area contributed by atoms with Crippen LogP contribution in [0.1, 0.15) is 38.2 Å². The molecule has 1 aromatic carbocycles. The molecular formula is C20H32N4O3S. The summed E-state index contributed by atoms with van der Waals surface area (Å²) < 4.78 is 33.0. The highest BCUT2D eigenvalue weighted by Crippen LogP contribution is 2.17. The first-order chi connectivity index (χ1) is 13.5.